The van der Waals surface area contributed by atoms with Gasteiger partial charge < -0.3 is 30.1 Å². The van der Waals surface area contributed by atoms with Crippen LogP contribution in [-0.4, -0.2) is 72.4 Å². The van der Waals surface area contributed by atoms with E-state index in [-0.39, 0.29) is 47.9 Å². The molecule has 296 valence electrons. The predicted octanol–water partition coefficient (Wildman–Crippen LogP) is 5.95. The van der Waals surface area contributed by atoms with Gasteiger partial charge in [0.1, 0.15) is 5.75 Å². The minimum atomic E-state index is -2.41. The molecule has 3 aliphatic rings. The van der Waals surface area contributed by atoms with E-state index in [2.05, 4.69) is 53.1 Å². The number of ether oxygens (including phenoxy) is 2. The Balaban J connectivity index is 1.17. The lowest BCUT2D eigenvalue weighted by atomic mass is 9.82. The SMILES string of the molecule is COc1ccc([Si](C)(C)[C@@H]2[C@@H](CCn3cc(C(CO)c4ccccc4)nn3)O[C@]3(C(=O)N(Cc4ccccc4)c4ccc(NC(=O)[C@H]5CCCN5)cc43)[C@H]2C)cc1. The number of aliphatic hydroxyl groups excluding tert-OH is 1. The van der Waals surface area contributed by atoms with Gasteiger partial charge in [0.2, 0.25) is 5.91 Å². The van der Waals surface area contributed by atoms with E-state index in [1.54, 1.807) is 7.11 Å². The predicted molar refractivity (Wildman–Crippen MR) is 223 cm³/mol. The molecule has 2 saturated heterocycles. The van der Waals surface area contributed by atoms with Gasteiger partial charge in [0, 0.05) is 29.9 Å². The van der Waals surface area contributed by atoms with Crippen molar-refractivity contribution in [3.05, 3.63) is 132 Å². The Hall–Kier alpha value is -5.14. The minimum absolute atomic E-state index is 0.0119. The van der Waals surface area contributed by atoms with Crippen LogP contribution in [0.25, 0.3) is 0 Å². The fourth-order valence-electron chi connectivity index (χ4n) is 9.62. The number of hydrogen-bond acceptors (Lipinski definition) is 8. The first-order valence-electron chi connectivity index (χ1n) is 20.1. The smallest absolute Gasteiger partial charge is 0.264 e. The standard InChI is InChI=1S/C45H52N6O5Si/c1-30-42(57(3,4)35-20-18-34(55-2)19-21-35)41(23-25-50-28-39(48-49-50)36(29-52)32-14-9-6-10-15-32)56-45(30)37-26-33(47-43(53)38-16-11-24-46-38)17-22-40(37)51(44(45)54)27-31-12-7-5-8-13-31/h5-10,12-15,17-22,26,28,30,36,38,41-42,46,52H,11,16,23-25,27,29H2,1-4H3,(H,47,53)/t30-,36?,38+,41+,42-,45+/m0/s1. The van der Waals surface area contributed by atoms with Crippen molar-refractivity contribution in [1.29, 1.82) is 0 Å². The van der Waals surface area contributed by atoms with Gasteiger partial charge in [0.05, 0.1) is 57.8 Å². The quantitative estimate of drug-likeness (QED) is 0.125. The summed E-state index contributed by atoms with van der Waals surface area (Å²) in [4.78, 5) is 30.6. The summed E-state index contributed by atoms with van der Waals surface area (Å²) in [5.41, 5.74) is 3.65. The molecule has 0 radical (unpaired) electrons. The van der Waals surface area contributed by atoms with Crippen molar-refractivity contribution in [3.8, 4) is 5.75 Å². The summed E-state index contributed by atoms with van der Waals surface area (Å²) in [7, 11) is -0.740. The number of amides is 2. The second-order valence-electron chi connectivity index (χ2n) is 16.2. The topological polar surface area (TPSA) is 131 Å². The Labute approximate surface area is 335 Å². The van der Waals surface area contributed by atoms with Gasteiger partial charge in [-0.15, -0.1) is 5.10 Å². The average Bonchev–Trinajstić information content (AvgIpc) is 4.04. The first-order chi connectivity index (χ1) is 27.6. The van der Waals surface area contributed by atoms with Gasteiger partial charge in [-0.1, -0.05) is 103 Å². The molecule has 0 saturated carbocycles. The lowest BCUT2D eigenvalue weighted by molar-refractivity contribution is -0.146. The first kappa shape index (κ1) is 38.7. The van der Waals surface area contributed by atoms with Crippen LogP contribution < -0.4 is 25.5 Å². The number of rotatable bonds is 13. The third kappa shape index (κ3) is 7.20. The maximum Gasteiger partial charge on any atom is 0.264 e. The molecule has 1 spiro atoms. The number of nitrogens with zero attached hydrogens (tertiary/aromatic N) is 4. The van der Waals surface area contributed by atoms with E-state index in [0.717, 1.165) is 47.5 Å². The summed E-state index contributed by atoms with van der Waals surface area (Å²) < 4.78 is 14.8. The minimum Gasteiger partial charge on any atom is -0.497 e. The number of benzene rings is 4. The molecule has 12 heteroatoms. The van der Waals surface area contributed by atoms with Crippen LogP contribution in [0.1, 0.15) is 54.5 Å². The van der Waals surface area contributed by atoms with Crippen molar-refractivity contribution in [2.45, 2.75) is 81.6 Å². The van der Waals surface area contributed by atoms with E-state index in [0.29, 0.717) is 30.9 Å². The lowest BCUT2D eigenvalue weighted by Crippen LogP contribution is -2.51. The van der Waals surface area contributed by atoms with E-state index in [1.165, 1.54) is 5.19 Å². The van der Waals surface area contributed by atoms with Gasteiger partial charge in [-0.2, -0.15) is 0 Å². The number of aliphatic hydroxyl groups is 1. The summed E-state index contributed by atoms with van der Waals surface area (Å²) in [6.45, 7) is 8.57. The van der Waals surface area contributed by atoms with Crippen molar-refractivity contribution in [2.75, 3.05) is 30.5 Å². The second-order valence-corrected chi connectivity index (χ2v) is 20.9. The maximum absolute atomic E-state index is 15.4. The van der Waals surface area contributed by atoms with Crippen molar-refractivity contribution >= 4 is 36.4 Å². The molecule has 3 aliphatic heterocycles. The van der Waals surface area contributed by atoms with Crippen LogP contribution in [0.5, 0.6) is 5.75 Å². The van der Waals surface area contributed by atoms with Gasteiger partial charge in [0.15, 0.2) is 5.60 Å². The normalized spacial score (nSPS) is 23.5. The number of anilines is 2. The van der Waals surface area contributed by atoms with E-state index in [9.17, 15) is 9.90 Å². The largest absolute Gasteiger partial charge is 0.497 e. The molecular formula is C45H52N6O5Si. The van der Waals surface area contributed by atoms with Crippen LogP contribution >= 0.6 is 0 Å². The highest BCUT2D eigenvalue weighted by molar-refractivity contribution is 6.91. The second kappa shape index (κ2) is 16.0. The number of methoxy groups -OCH3 is 1. The molecule has 1 unspecified atom stereocenters. The Bertz CT molecular complexity index is 2190. The van der Waals surface area contributed by atoms with Crippen LogP contribution in [-0.2, 0) is 33.0 Å². The van der Waals surface area contributed by atoms with Gasteiger partial charge in [-0.25, -0.2) is 0 Å². The molecule has 1 aromatic heterocycles. The first-order valence-corrected chi connectivity index (χ1v) is 23.1. The molecule has 4 heterocycles. The van der Waals surface area contributed by atoms with Gasteiger partial charge >= 0.3 is 0 Å². The molecule has 3 N–H and O–H groups in total. The highest BCUT2D eigenvalue weighted by atomic mass is 28.3. The zero-order valence-corrected chi connectivity index (χ0v) is 34.1. The Morgan fingerprint density at radius 2 is 1.79 bits per heavy atom. The highest BCUT2D eigenvalue weighted by Crippen LogP contribution is 2.60. The molecule has 5 aromatic rings. The van der Waals surface area contributed by atoms with E-state index >= 15 is 4.79 Å². The van der Waals surface area contributed by atoms with Crippen molar-refractivity contribution in [2.24, 2.45) is 5.92 Å². The number of nitrogens with one attached hydrogen (secondary N) is 2. The van der Waals surface area contributed by atoms with Crippen LogP contribution in [0.4, 0.5) is 11.4 Å². The number of carbonyl (C=O) groups is 2. The maximum atomic E-state index is 15.4. The summed E-state index contributed by atoms with van der Waals surface area (Å²) in [5.74, 6) is 0.133. The molecule has 0 aliphatic carbocycles. The third-order valence-corrected chi connectivity index (χ3v) is 17.0. The van der Waals surface area contributed by atoms with E-state index in [1.807, 2.05) is 107 Å². The molecule has 0 bridgehead atoms. The molecule has 57 heavy (non-hydrogen) atoms. The molecular weight excluding hydrogens is 733 g/mol. The molecule has 11 nitrogen and oxygen atoms in total. The van der Waals surface area contributed by atoms with Gasteiger partial charge in [-0.3, -0.25) is 14.3 Å². The number of aryl methyl sites for hydroxylation is 1. The molecule has 8 rings (SSSR count). The van der Waals surface area contributed by atoms with E-state index < -0.39 is 13.7 Å². The molecule has 2 amide bonds. The fourth-order valence-corrected chi connectivity index (χ4v) is 13.7. The average molecular weight is 785 g/mol. The highest BCUT2D eigenvalue weighted by Gasteiger charge is 2.66. The van der Waals surface area contributed by atoms with Crippen LogP contribution in [0.15, 0.2) is 109 Å². The van der Waals surface area contributed by atoms with Crippen molar-refractivity contribution in [1.82, 2.24) is 20.3 Å². The monoisotopic (exact) mass is 784 g/mol. The van der Waals surface area contributed by atoms with E-state index in [4.69, 9.17) is 9.47 Å². The summed E-state index contributed by atoms with van der Waals surface area (Å²) in [5, 5.41) is 27.0. The number of carbonyl (C=O) groups excluding carboxylic acids is 2. The summed E-state index contributed by atoms with van der Waals surface area (Å²) in [6.07, 6.45) is 3.94. The number of hydrogen-bond donors (Lipinski definition) is 3. The number of aromatic nitrogens is 3. The zero-order chi connectivity index (χ0) is 39.7. The lowest BCUT2D eigenvalue weighted by Gasteiger charge is -2.37. The fraction of sp³-hybridized carbons (Fsp3) is 0.378. The Kier molecular flexibility index (Phi) is 10.9. The van der Waals surface area contributed by atoms with Gasteiger partial charge in [-0.05, 0) is 72.8 Å². The summed E-state index contributed by atoms with van der Waals surface area (Å²) in [6, 6.07) is 33.8. The Morgan fingerprint density at radius 3 is 2.47 bits per heavy atom. The van der Waals surface area contributed by atoms with Crippen LogP contribution in [0.2, 0.25) is 18.6 Å². The Morgan fingerprint density at radius 1 is 1.05 bits per heavy atom. The van der Waals surface area contributed by atoms with Crippen molar-refractivity contribution < 1.29 is 24.2 Å². The third-order valence-electron chi connectivity index (χ3n) is 12.6. The molecule has 2 fully saturated rings. The van der Waals surface area contributed by atoms with Crippen LogP contribution in [0.3, 0.4) is 0 Å². The molecule has 4 aromatic carbocycles. The summed E-state index contributed by atoms with van der Waals surface area (Å²) >= 11 is 0. The van der Waals surface area contributed by atoms with Crippen molar-refractivity contribution in [3.63, 3.8) is 0 Å². The van der Waals surface area contributed by atoms with Gasteiger partial charge in [0.25, 0.3) is 5.91 Å². The van der Waals surface area contributed by atoms with Crippen LogP contribution in [0, 0.1) is 5.92 Å². The number of fused-ring (bicyclic) bond motifs is 2. The zero-order valence-electron chi connectivity index (χ0n) is 33.1. The molecule has 6 atom stereocenters.